The van der Waals surface area contributed by atoms with Crippen molar-refractivity contribution in [2.75, 3.05) is 19.5 Å². The highest BCUT2D eigenvalue weighted by atomic mass is 16.5. The molecule has 0 saturated carbocycles. The maximum atomic E-state index is 12.8. The van der Waals surface area contributed by atoms with Crippen LogP contribution >= 0.6 is 0 Å². The molecule has 27 heavy (non-hydrogen) atoms. The van der Waals surface area contributed by atoms with Gasteiger partial charge in [-0.15, -0.1) is 0 Å². The number of methoxy groups -OCH3 is 1. The number of allylic oxidation sites excluding steroid dienone is 1. The number of hydrogen-bond donors (Lipinski definition) is 1. The van der Waals surface area contributed by atoms with Crippen molar-refractivity contribution in [2.24, 2.45) is 0 Å². The summed E-state index contributed by atoms with van der Waals surface area (Å²) in [7, 11) is 1.63. The lowest BCUT2D eigenvalue weighted by atomic mass is 10.1. The van der Waals surface area contributed by atoms with Crippen molar-refractivity contribution >= 4 is 28.2 Å². The van der Waals surface area contributed by atoms with Gasteiger partial charge in [0.1, 0.15) is 5.82 Å². The summed E-state index contributed by atoms with van der Waals surface area (Å²) in [6.45, 7) is 3.11. The van der Waals surface area contributed by atoms with Crippen molar-refractivity contribution in [3.63, 3.8) is 0 Å². The number of hydrogen-bond acceptors (Lipinski definition) is 5. The van der Waals surface area contributed by atoms with Crippen molar-refractivity contribution < 1.29 is 9.47 Å². The van der Waals surface area contributed by atoms with Gasteiger partial charge in [-0.25, -0.2) is 4.98 Å². The van der Waals surface area contributed by atoms with Crippen LogP contribution in [0.5, 0.6) is 11.5 Å². The number of nitrogens with two attached hydrogens (primary N) is 1. The second-order valence-corrected chi connectivity index (χ2v) is 6.40. The molecule has 0 aliphatic carbocycles. The lowest BCUT2D eigenvalue weighted by Gasteiger charge is -2.12. The molecule has 0 radical (unpaired) electrons. The van der Waals surface area contributed by atoms with E-state index in [1.54, 1.807) is 29.9 Å². The molecule has 1 aliphatic heterocycles. The van der Waals surface area contributed by atoms with Crippen molar-refractivity contribution in [3.05, 3.63) is 58.1 Å². The van der Waals surface area contributed by atoms with Crippen LogP contribution in [0.15, 0.2) is 41.2 Å². The van der Waals surface area contributed by atoms with Crippen LogP contribution in [0.3, 0.4) is 0 Å². The first-order valence-electron chi connectivity index (χ1n) is 8.93. The van der Waals surface area contributed by atoms with E-state index in [9.17, 15) is 4.79 Å². The molecule has 0 atom stereocenters. The molecule has 0 bridgehead atoms. The fourth-order valence-corrected chi connectivity index (χ4v) is 3.49. The number of ether oxygens (including phenoxy) is 2. The summed E-state index contributed by atoms with van der Waals surface area (Å²) < 4.78 is 12.9. The number of benzene rings is 2. The van der Waals surface area contributed by atoms with Crippen LogP contribution in [0.2, 0.25) is 0 Å². The molecule has 0 unspecified atom stereocenters. The number of nitrogens with zero attached hydrogens (tertiary/aromatic N) is 2. The zero-order valence-corrected chi connectivity index (χ0v) is 15.4. The molecule has 0 saturated heterocycles. The summed E-state index contributed by atoms with van der Waals surface area (Å²) in [5.74, 6) is 2.06. The molecule has 2 heterocycles. The molecule has 6 nitrogen and oxygen atoms in total. The Morgan fingerprint density at radius 3 is 2.93 bits per heavy atom. The summed E-state index contributed by atoms with van der Waals surface area (Å²) in [6, 6.07) is 11.0. The van der Waals surface area contributed by atoms with E-state index >= 15 is 0 Å². The van der Waals surface area contributed by atoms with Gasteiger partial charge in [0.25, 0.3) is 5.56 Å². The Bertz CT molecular complexity index is 1120. The van der Waals surface area contributed by atoms with Gasteiger partial charge in [0, 0.05) is 17.8 Å². The molecule has 138 valence electrons. The lowest BCUT2D eigenvalue weighted by molar-refractivity contribution is 0.310. The summed E-state index contributed by atoms with van der Waals surface area (Å²) in [4.78, 5) is 17.5. The fourth-order valence-electron chi connectivity index (χ4n) is 3.49. The van der Waals surface area contributed by atoms with Crippen LogP contribution in [0.25, 0.3) is 22.6 Å². The second-order valence-electron chi connectivity index (χ2n) is 6.40. The van der Waals surface area contributed by atoms with Gasteiger partial charge >= 0.3 is 0 Å². The molecule has 2 N–H and O–H groups in total. The molecule has 3 aromatic rings. The Morgan fingerprint density at radius 2 is 2.15 bits per heavy atom. The van der Waals surface area contributed by atoms with Crippen LogP contribution < -0.4 is 20.8 Å². The van der Waals surface area contributed by atoms with Crippen LogP contribution in [0.4, 0.5) is 5.69 Å². The predicted octanol–water partition coefficient (Wildman–Crippen LogP) is 3.33. The van der Waals surface area contributed by atoms with E-state index in [1.165, 1.54) is 0 Å². The van der Waals surface area contributed by atoms with Gasteiger partial charge in [0.2, 0.25) is 0 Å². The van der Waals surface area contributed by atoms with Gasteiger partial charge in [-0.05, 0) is 49.3 Å². The maximum absolute atomic E-state index is 12.8. The second kappa shape index (κ2) is 6.79. The number of anilines is 1. The van der Waals surface area contributed by atoms with E-state index in [1.807, 2.05) is 31.2 Å². The van der Waals surface area contributed by atoms with E-state index < -0.39 is 0 Å². The van der Waals surface area contributed by atoms with Gasteiger partial charge < -0.3 is 15.2 Å². The number of fused-ring (bicyclic) bond motifs is 2. The number of para-hydroxylation sites is 1. The normalized spacial score (nSPS) is 14.5. The van der Waals surface area contributed by atoms with Gasteiger partial charge in [-0.2, -0.15) is 0 Å². The molecule has 0 amide bonds. The van der Waals surface area contributed by atoms with Crippen molar-refractivity contribution in [1.29, 1.82) is 0 Å². The van der Waals surface area contributed by atoms with E-state index in [-0.39, 0.29) is 5.56 Å². The van der Waals surface area contributed by atoms with E-state index in [2.05, 4.69) is 0 Å². The average Bonchev–Trinajstić information content (AvgIpc) is 3.05. The third-order valence-corrected chi connectivity index (χ3v) is 4.71. The fraction of sp³-hybridized carbons (Fsp3) is 0.238. The number of aromatic nitrogens is 2. The van der Waals surface area contributed by atoms with Crippen molar-refractivity contribution in [1.82, 2.24) is 9.55 Å². The zero-order chi connectivity index (χ0) is 19.0. The first-order valence-corrected chi connectivity index (χ1v) is 8.93. The SMILES string of the molecule is CCOc1cccc(C=C2CCn3c2nc2cc(N)ccc2c3=O)c1OC. The molecule has 1 aromatic heterocycles. The Hall–Kier alpha value is -3.28. The number of nitrogen functional groups attached to an aromatic ring is 1. The van der Waals surface area contributed by atoms with E-state index in [4.69, 9.17) is 20.2 Å². The van der Waals surface area contributed by atoms with Gasteiger partial charge in [0.05, 0.1) is 24.6 Å². The van der Waals surface area contributed by atoms with Crippen LogP contribution in [-0.2, 0) is 6.54 Å². The third kappa shape index (κ3) is 2.93. The highest BCUT2D eigenvalue weighted by Crippen LogP contribution is 2.35. The van der Waals surface area contributed by atoms with Crippen LogP contribution in [0, 0.1) is 0 Å². The topological polar surface area (TPSA) is 79.4 Å². The minimum atomic E-state index is -0.0339. The molecule has 0 fully saturated rings. The minimum absolute atomic E-state index is 0.0339. The third-order valence-electron chi connectivity index (χ3n) is 4.71. The first kappa shape index (κ1) is 17.1. The molecule has 4 rings (SSSR count). The summed E-state index contributed by atoms with van der Waals surface area (Å²) in [6.07, 6.45) is 2.75. The zero-order valence-electron chi connectivity index (χ0n) is 15.4. The lowest BCUT2D eigenvalue weighted by Crippen LogP contribution is -2.20. The van der Waals surface area contributed by atoms with Crippen molar-refractivity contribution in [3.8, 4) is 11.5 Å². The molecular formula is C21H21N3O3. The Kier molecular flexibility index (Phi) is 4.32. The Balaban J connectivity index is 1.87. The largest absolute Gasteiger partial charge is 0.492 e. The smallest absolute Gasteiger partial charge is 0.261 e. The highest BCUT2D eigenvalue weighted by Gasteiger charge is 2.21. The van der Waals surface area contributed by atoms with E-state index in [0.29, 0.717) is 47.1 Å². The molecular weight excluding hydrogens is 342 g/mol. The summed E-state index contributed by atoms with van der Waals surface area (Å²) >= 11 is 0. The van der Waals surface area contributed by atoms with Crippen LogP contribution in [0.1, 0.15) is 24.7 Å². The van der Waals surface area contributed by atoms with Crippen LogP contribution in [-0.4, -0.2) is 23.3 Å². The predicted molar refractivity (Wildman–Crippen MR) is 107 cm³/mol. The molecule has 0 spiro atoms. The summed E-state index contributed by atoms with van der Waals surface area (Å²) in [5, 5.41) is 0.588. The summed E-state index contributed by atoms with van der Waals surface area (Å²) in [5.41, 5.74) is 8.93. The Labute approximate surface area is 156 Å². The van der Waals surface area contributed by atoms with Crippen molar-refractivity contribution in [2.45, 2.75) is 19.9 Å². The first-order chi connectivity index (χ1) is 13.1. The van der Waals surface area contributed by atoms with E-state index in [0.717, 1.165) is 17.6 Å². The van der Waals surface area contributed by atoms with Gasteiger partial charge in [-0.3, -0.25) is 9.36 Å². The number of rotatable bonds is 4. The standard InChI is InChI=1S/C21H21N3O3/c1-3-27-18-6-4-5-13(19(18)26-2)11-14-9-10-24-20(14)23-17-12-15(22)7-8-16(17)21(24)25/h4-8,11-12H,3,9-10,22H2,1-2H3. The van der Waals surface area contributed by atoms with Gasteiger partial charge in [0.15, 0.2) is 11.5 Å². The highest BCUT2D eigenvalue weighted by molar-refractivity contribution is 5.87. The van der Waals surface area contributed by atoms with Gasteiger partial charge in [-0.1, -0.05) is 12.1 Å². The molecule has 6 heteroatoms. The quantitative estimate of drug-likeness (QED) is 0.719. The maximum Gasteiger partial charge on any atom is 0.261 e. The monoisotopic (exact) mass is 363 g/mol. The molecule has 1 aliphatic rings. The average molecular weight is 363 g/mol. The Morgan fingerprint density at radius 1 is 1.30 bits per heavy atom. The minimum Gasteiger partial charge on any atom is -0.492 e. The molecule has 2 aromatic carbocycles.